The summed E-state index contributed by atoms with van der Waals surface area (Å²) in [6.45, 7) is 3.77. The molecule has 20 heavy (non-hydrogen) atoms. The van der Waals surface area contributed by atoms with Crippen molar-refractivity contribution >= 4 is 27.3 Å². The second-order valence-electron chi connectivity index (χ2n) is 3.96. The average molecular weight is 318 g/mol. The van der Waals surface area contributed by atoms with Crippen LogP contribution in [0.3, 0.4) is 0 Å². The van der Waals surface area contributed by atoms with E-state index < -0.39 is 9.84 Å². The highest BCUT2D eigenvalue weighted by Gasteiger charge is 2.17. The van der Waals surface area contributed by atoms with Gasteiger partial charge in [-0.3, -0.25) is 4.79 Å². The molecule has 0 aliphatic rings. The van der Waals surface area contributed by atoms with Crippen molar-refractivity contribution in [1.82, 2.24) is 5.32 Å². The van der Waals surface area contributed by atoms with E-state index in [1.54, 1.807) is 0 Å². The summed E-state index contributed by atoms with van der Waals surface area (Å²) in [7, 11) is -2.11. The molecule has 1 aromatic carbocycles. The normalized spacial score (nSPS) is 10.9. The Morgan fingerprint density at radius 3 is 2.75 bits per heavy atom. The van der Waals surface area contributed by atoms with Crippen molar-refractivity contribution in [3.8, 4) is 5.75 Å². The molecule has 0 saturated heterocycles. The number of hydrogen-bond donors (Lipinski definition) is 1. The first-order chi connectivity index (χ1) is 9.40. The van der Waals surface area contributed by atoms with E-state index in [0.29, 0.717) is 12.3 Å². The van der Waals surface area contributed by atoms with Gasteiger partial charge in [-0.1, -0.05) is 17.7 Å². The van der Waals surface area contributed by atoms with Crippen molar-refractivity contribution in [1.29, 1.82) is 0 Å². The summed E-state index contributed by atoms with van der Waals surface area (Å²) < 4.78 is 29.1. The summed E-state index contributed by atoms with van der Waals surface area (Å²) in [5.41, 5.74) is 0. The fourth-order valence-electron chi connectivity index (χ4n) is 1.46. The Kier molecular flexibility index (Phi) is 6.04. The molecule has 0 fully saturated rings. The van der Waals surface area contributed by atoms with E-state index in [1.807, 2.05) is 0 Å². The quantitative estimate of drug-likeness (QED) is 0.779. The largest absolute Gasteiger partial charge is 0.495 e. The van der Waals surface area contributed by atoms with E-state index in [0.717, 1.165) is 0 Å². The molecular formula is C13H16ClNO4S. The molecule has 0 aromatic heterocycles. The lowest BCUT2D eigenvalue weighted by atomic mass is 10.3. The summed E-state index contributed by atoms with van der Waals surface area (Å²) in [6.07, 6.45) is 1.41. The number of nitrogens with one attached hydrogen (secondary N) is 1. The van der Waals surface area contributed by atoms with Gasteiger partial charge in [0.25, 0.3) is 0 Å². The lowest BCUT2D eigenvalue weighted by Gasteiger charge is -2.07. The average Bonchev–Trinajstić information content (AvgIpc) is 2.42. The van der Waals surface area contributed by atoms with Crippen molar-refractivity contribution < 1.29 is 17.9 Å². The third kappa shape index (κ3) is 4.54. The molecule has 0 unspecified atom stereocenters. The van der Waals surface area contributed by atoms with E-state index in [1.165, 1.54) is 31.4 Å². The molecule has 1 amide bonds. The first-order valence-corrected chi connectivity index (χ1v) is 7.87. The minimum absolute atomic E-state index is 0.0693. The number of carbonyl (C=O) groups is 1. The van der Waals surface area contributed by atoms with Crippen molar-refractivity contribution in [3.63, 3.8) is 0 Å². The molecular weight excluding hydrogens is 302 g/mol. The van der Waals surface area contributed by atoms with Crippen LogP contribution in [-0.4, -0.2) is 33.7 Å². The van der Waals surface area contributed by atoms with E-state index in [9.17, 15) is 13.2 Å². The molecule has 1 aromatic rings. The fourth-order valence-corrected chi connectivity index (χ4v) is 3.04. The van der Waals surface area contributed by atoms with Gasteiger partial charge in [0.15, 0.2) is 9.84 Å². The molecule has 0 heterocycles. The maximum absolute atomic E-state index is 12.1. The van der Waals surface area contributed by atoms with Gasteiger partial charge < -0.3 is 10.1 Å². The second-order valence-corrected chi connectivity index (χ2v) is 6.47. The summed E-state index contributed by atoms with van der Waals surface area (Å²) >= 11 is 5.89. The van der Waals surface area contributed by atoms with Gasteiger partial charge in [0.1, 0.15) is 5.75 Å². The summed E-state index contributed by atoms with van der Waals surface area (Å²) in [5, 5.41) is 2.73. The smallest absolute Gasteiger partial charge is 0.221 e. The maximum Gasteiger partial charge on any atom is 0.221 e. The molecule has 0 saturated carbocycles. The Balaban J connectivity index is 2.76. The number of amides is 1. The SMILES string of the molecule is C=CCNC(=O)CCS(=O)(=O)c1ccc(OC)c(Cl)c1. The van der Waals surface area contributed by atoms with E-state index in [-0.39, 0.29) is 28.0 Å². The Bertz CT molecular complexity index is 598. The van der Waals surface area contributed by atoms with Crippen LogP contribution in [0.1, 0.15) is 6.42 Å². The highest BCUT2D eigenvalue weighted by atomic mass is 35.5. The Labute approximate surface area is 123 Å². The van der Waals surface area contributed by atoms with Crippen molar-refractivity contribution in [2.75, 3.05) is 19.4 Å². The molecule has 0 radical (unpaired) electrons. The van der Waals surface area contributed by atoms with Crippen LogP contribution >= 0.6 is 11.6 Å². The summed E-state index contributed by atoms with van der Waals surface area (Å²) in [4.78, 5) is 11.4. The Hall–Kier alpha value is -1.53. The van der Waals surface area contributed by atoms with Crippen LogP contribution in [0.2, 0.25) is 5.02 Å². The number of ether oxygens (including phenoxy) is 1. The molecule has 5 nitrogen and oxygen atoms in total. The van der Waals surface area contributed by atoms with Gasteiger partial charge in [0.2, 0.25) is 5.91 Å². The van der Waals surface area contributed by atoms with Crippen molar-refractivity contribution in [2.45, 2.75) is 11.3 Å². The van der Waals surface area contributed by atoms with Crippen LogP contribution in [-0.2, 0) is 14.6 Å². The van der Waals surface area contributed by atoms with Gasteiger partial charge in [-0.15, -0.1) is 6.58 Å². The van der Waals surface area contributed by atoms with Crippen LogP contribution in [0.5, 0.6) is 5.75 Å². The molecule has 0 aliphatic carbocycles. The zero-order valence-electron chi connectivity index (χ0n) is 11.1. The predicted molar refractivity (Wildman–Crippen MR) is 77.9 cm³/mol. The first kappa shape index (κ1) is 16.5. The number of carbonyl (C=O) groups excluding carboxylic acids is 1. The molecule has 110 valence electrons. The standard InChI is InChI=1S/C13H16ClNO4S/c1-3-7-15-13(16)6-8-20(17,18)10-4-5-12(19-2)11(14)9-10/h3-5,9H,1,6-8H2,2H3,(H,15,16). The van der Waals surface area contributed by atoms with E-state index >= 15 is 0 Å². The van der Waals surface area contributed by atoms with Gasteiger partial charge in [0.05, 0.1) is 22.8 Å². The number of benzene rings is 1. The molecule has 0 spiro atoms. The zero-order valence-corrected chi connectivity index (χ0v) is 12.6. The van der Waals surface area contributed by atoms with E-state index in [4.69, 9.17) is 16.3 Å². The fraction of sp³-hybridized carbons (Fsp3) is 0.308. The van der Waals surface area contributed by atoms with Crippen LogP contribution < -0.4 is 10.1 Å². The summed E-state index contributed by atoms with van der Waals surface area (Å²) in [6, 6.07) is 4.20. The zero-order chi connectivity index (χ0) is 15.2. The predicted octanol–water partition coefficient (Wildman–Crippen LogP) is 1.81. The number of hydrogen-bond acceptors (Lipinski definition) is 4. The molecule has 1 N–H and O–H groups in total. The molecule has 0 aliphatic heterocycles. The minimum Gasteiger partial charge on any atom is -0.495 e. The molecule has 7 heteroatoms. The van der Waals surface area contributed by atoms with Crippen molar-refractivity contribution in [2.24, 2.45) is 0 Å². The third-order valence-corrected chi connectivity index (χ3v) is 4.53. The maximum atomic E-state index is 12.1. The van der Waals surface area contributed by atoms with Gasteiger partial charge in [-0.2, -0.15) is 0 Å². The Morgan fingerprint density at radius 2 is 2.20 bits per heavy atom. The summed E-state index contributed by atoms with van der Waals surface area (Å²) in [5.74, 6) is -0.221. The minimum atomic E-state index is -3.55. The topological polar surface area (TPSA) is 72.5 Å². The Morgan fingerprint density at radius 1 is 1.50 bits per heavy atom. The van der Waals surface area contributed by atoms with Crippen LogP contribution in [0.25, 0.3) is 0 Å². The first-order valence-electron chi connectivity index (χ1n) is 5.84. The lowest BCUT2D eigenvalue weighted by molar-refractivity contribution is -0.120. The van der Waals surface area contributed by atoms with Crippen LogP contribution in [0.15, 0.2) is 35.7 Å². The number of rotatable bonds is 7. The number of halogens is 1. The molecule has 1 rings (SSSR count). The lowest BCUT2D eigenvalue weighted by Crippen LogP contribution is -2.25. The second kappa shape index (κ2) is 7.31. The molecule has 0 bridgehead atoms. The highest BCUT2D eigenvalue weighted by Crippen LogP contribution is 2.27. The number of methoxy groups -OCH3 is 1. The van der Waals surface area contributed by atoms with Gasteiger partial charge in [-0.05, 0) is 18.2 Å². The monoisotopic (exact) mass is 317 g/mol. The third-order valence-electron chi connectivity index (χ3n) is 2.52. The van der Waals surface area contributed by atoms with Crippen LogP contribution in [0, 0.1) is 0 Å². The van der Waals surface area contributed by atoms with Crippen molar-refractivity contribution in [3.05, 3.63) is 35.9 Å². The number of sulfone groups is 1. The van der Waals surface area contributed by atoms with Crippen LogP contribution in [0.4, 0.5) is 0 Å². The van der Waals surface area contributed by atoms with E-state index in [2.05, 4.69) is 11.9 Å². The van der Waals surface area contributed by atoms with Gasteiger partial charge >= 0.3 is 0 Å². The molecule has 0 atom stereocenters. The highest BCUT2D eigenvalue weighted by molar-refractivity contribution is 7.91. The van der Waals surface area contributed by atoms with Gasteiger partial charge in [-0.25, -0.2) is 8.42 Å². The van der Waals surface area contributed by atoms with Gasteiger partial charge in [0, 0.05) is 13.0 Å².